The summed E-state index contributed by atoms with van der Waals surface area (Å²) < 4.78 is 0. The van der Waals surface area contributed by atoms with Gasteiger partial charge in [0.05, 0.1) is 10.7 Å². The van der Waals surface area contributed by atoms with Crippen LogP contribution in [0.15, 0.2) is 0 Å². The van der Waals surface area contributed by atoms with Gasteiger partial charge in [-0.1, -0.05) is 20.8 Å². The maximum absolute atomic E-state index is 4.54. The Labute approximate surface area is 84.4 Å². The second kappa shape index (κ2) is 4.72. The van der Waals surface area contributed by atoms with Crippen LogP contribution in [0.1, 0.15) is 42.3 Å². The zero-order chi connectivity index (χ0) is 9.84. The lowest BCUT2D eigenvalue weighted by Crippen LogP contribution is -2.12. The highest BCUT2D eigenvalue weighted by molar-refractivity contribution is 7.11. The van der Waals surface area contributed by atoms with Crippen LogP contribution >= 0.6 is 11.3 Å². The molecular weight excluding hydrogens is 180 g/mol. The molecule has 0 unspecified atom stereocenters. The molecule has 0 aliphatic rings. The predicted molar refractivity (Wildman–Crippen MR) is 58.3 cm³/mol. The van der Waals surface area contributed by atoms with E-state index in [9.17, 15) is 0 Å². The lowest BCUT2D eigenvalue weighted by molar-refractivity contribution is 0.713. The van der Waals surface area contributed by atoms with Crippen molar-refractivity contribution in [1.29, 1.82) is 0 Å². The van der Waals surface area contributed by atoms with Crippen molar-refractivity contribution in [3.63, 3.8) is 0 Å². The molecule has 0 spiro atoms. The van der Waals surface area contributed by atoms with Gasteiger partial charge in [0, 0.05) is 11.4 Å². The summed E-state index contributed by atoms with van der Waals surface area (Å²) >= 11 is 1.81. The van der Waals surface area contributed by atoms with E-state index in [1.165, 1.54) is 15.6 Å². The molecule has 13 heavy (non-hydrogen) atoms. The van der Waals surface area contributed by atoms with Gasteiger partial charge in [0.25, 0.3) is 0 Å². The van der Waals surface area contributed by atoms with Gasteiger partial charge in [0.1, 0.15) is 0 Å². The molecule has 0 amide bonds. The normalized spacial score (nSPS) is 11.2. The minimum atomic E-state index is 0.540. The van der Waals surface area contributed by atoms with Crippen molar-refractivity contribution in [2.75, 3.05) is 6.54 Å². The number of hydrogen-bond donors (Lipinski definition) is 1. The second-order valence-corrected chi connectivity index (χ2v) is 4.76. The molecule has 1 aromatic rings. The van der Waals surface area contributed by atoms with E-state index in [1.54, 1.807) is 0 Å². The molecule has 0 aliphatic carbocycles. The first-order valence-electron chi connectivity index (χ1n) is 4.82. The van der Waals surface area contributed by atoms with Gasteiger partial charge in [0.15, 0.2) is 0 Å². The maximum atomic E-state index is 4.54. The van der Waals surface area contributed by atoms with Crippen LogP contribution in [0.4, 0.5) is 0 Å². The van der Waals surface area contributed by atoms with Crippen LogP contribution in [-0.2, 0) is 6.54 Å². The van der Waals surface area contributed by atoms with Gasteiger partial charge in [-0.05, 0) is 19.4 Å². The maximum Gasteiger partial charge on any atom is 0.0900 e. The molecule has 0 fully saturated rings. The molecular formula is C10H18N2S. The summed E-state index contributed by atoms with van der Waals surface area (Å²) in [5.74, 6) is 0.540. The van der Waals surface area contributed by atoms with Crippen LogP contribution in [0.25, 0.3) is 0 Å². The third-order valence-corrected chi connectivity index (χ3v) is 2.90. The van der Waals surface area contributed by atoms with Gasteiger partial charge in [-0.3, -0.25) is 0 Å². The number of aryl methyl sites for hydroxylation is 1. The Kier molecular flexibility index (Phi) is 3.88. The van der Waals surface area contributed by atoms with Crippen molar-refractivity contribution in [3.8, 4) is 0 Å². The van der Waals surface area contributed by atoms with Gasteiger partial charge >= 0.3 is 0 Å². The van der Waals surface area contributed by atoms with E-state index in [4.69, 9.17) is 0 Å². The van der Waals surface area contributed by atoms with Gasteiger partial charge < -0.3 is 5.32 Å². The fourth-order valence-corrected chi connectivity index (χ4v) is 2.36. The van der Waals surface area contributed by atoms with Crippen LogP contribution in [0.3, 0.4) is 0 Å². The molecule has 3 heteroatoms. The van der Waals surface area contributed by atoms with Crippen molar-refractivity contribution in [2.24, 2.45) is 0 Å². The predicted octanol–water partition coefficient (Wildman–Crippen LogP) is 2.68. The highest BCUT2D eigenvalue weighted by atomic mass is 32.1. The molecule has 1 heterocycles. The van der Waals surface area contributed by atoms with Crippen LogP contribution in [-0.4, -0.2) is 11.5 Å². The third-order valence-electron chi connectivity index (χ3n) is 1.92. The minimum Gasteiger partial charge on any atom is -0.312 e. The van der Waals surface area contributed by atoms with Crippen molar-refractivity contribution in [1.82, 2.24) is 10.3 Å². The van der Waals surface area contributed by atoms with E-state index >= 15 is 0 Å². The summed E-state index contributed by atoms with van der Waals surface area (Å²) in [6.07, 6.45) is 0. The van der Waals surface area contributed by atoms with Crippen LogP contribution in [0.2, 0.25) is 0 Å². The number of nitrogens with zero attached hydrogens (tertiary/aromatic N) is 1. The SMILES string of the molecule is CCNCc1sc(C)nc1C(C)C. The molecule has 0 aliphatic heterocycles. The summed E-state index contributed by atoms with van der Waals surface area (Å²) in [5.41, 5.74) is 1.27. The van der Waals surface area contributed by atoms with Gasteiger partial charge in [-0.25, -0.2) is 4.98 Å². The summed E-state index contributed by atoms with van der Waals surface area (Å²) in [6.45, 7) is 10.6. The van der Waals surface area contributed by atoms with Crippen molar-refractivity contribution in [2.45, 2.75) is 40.2 Å². The van der Waals surface area contributed by atoms with Crippen LogP contribution in [0.5, 0.6) is 0 Å². The van der Waals surface area contributed by atoms with Crippen LogP contribution in [0, 0.1) is 6.92 Å². The molecule has 0 saturated carbocycles. The Morgan fingerprint density at radius 1 is 1.46 bits per heavy atom. The molecule has 1 rings (SSSR count). The van der Waals surface area contributed by atoms with E-state index < -0.39 is 0 Å². The number of hydrogen-bond acceptors (Lipinski definition) is 3. The summed E-state index contributed by atoms with van der Waals surface area (Å²) in [7, 11) is 0. The van der Waals surface area contributed by atoms with E-state index in [0.717, 1.165) is 13.1 Å². The highest BCUT2D eigenvalue weighted by Gasteiger charge is 2.11. The first-order chi connectivity index (χ1) is 6.15. The van der Waals surface area contributed by atoms with E-state index in [2.05, 4.69) is 38.0 Å². The largest absolute Gasteiger partial charge is 0.312 e. The lowest BCUT2D eigenvalue weighted by atomic mass is 10.1. The van der Waals surface area contributed by atoms with Crippen molar-refractivity contribution < 1.29 is 0 Å². The van der Waals surface area contributed by atoms with Gasteiger partial charge in [-0.2, -0.15) is 0 Å². The summed E-state index contributed by atoms with van der Waals surface area (Å²) in [5, 5.41) is 4.52. The molecule has 1 N–H and O–H groups in total. The first kappa shape index (κ1) is 10.7. The average Bonchev–Trinajstić information content (AvgIpc) is 2.43. The average molecular weight is 198 g/mol. The second-order valence-electron chi connectivity index (χ2n) is 3.48. The van der Waals surface area contributed by atoms with Crippen molar-refractivity contribution >= 4 is 11.3 Å². The lowest BCUT2D eigenvalue weighted by Gasteiger charge is -2.04. The Morgan fingerprint density at radius 3 is 2.69 bits per heavy atom. The summed E-state index contributed by atoms with van der Waals surface area (Å²) in [4.78, 5) is 5.94. The smallest absolute Gasteiger partial charge is 0.0900 e. The number of rotatable bonds is 4. The molecule has 0 aromatic carbocycles. The van der Waals surface area contributed by atoms with Crippen molar-refractivity contribution in [3.05, 3.63) is 15.6 Å². The zero-order valence-electron chi connectivity index (χ0n) is 8.85. The van der Waals surface area contributed by atoms with E-state index in [0.29, 0.717) is 5.92 Å². The Bertz CT molecular complexity index is 266. The molecule has 74 valence electrons. The Hall–Kier alpha value is -0.410. The monoisotopic (exact) mass is 198 g/mol. The molecule has 0 saturated heterocycles. The zero-order valence-corrected chi connectivity index (χ0v) is 9.66. The van der Waals surface area contributed by atoms with Crippen LogP contribution < -0.4 is 5.32 Å². The molecule has 0 bridgehead atoms. The first-order valence-corrected chi connectivity index (χ1v) is 5.63. The topological polar surface area (TPSA) is 24.9 Å². The number of aromatic nitrogens is 1. The fraction of sp³-hybridized carbons (Fsp3) is 0.700. The highest BCUT2D eigenvalue weighted by Crippen LogP contribution is 2.24. The molecule has 1 aromatic heterocycles. The molecule has 2 nitrogen and oxygen atoms in total. The Morgan fingerprint density at radius 2 is 2.15 bits per heavy atom. The minimum absolute atomic E-state index is 0.540. The quantitative estimate of drug-likeness (QED) is 0.804. The number of thiazole rings is 1. The van der Waals surface area contributed by atoms with Gasteiger partial charge in [0.2, 0.25) is 0 Å². The van der Waals surface area contributed by atoms with Gasteiger partial charge in [-0.15, -0.1) is 11.3 Å². The number of nitrogens with one attached hydrogen (secondary N) is 1. The Balaban J connectivity index is 2.78. The standard InChI is InChI=1S/C10H18N2S/c1-5-11-6-9-10(7(2)3)12-8(4)13-9/h7,11H,5-6H2,1-4H3. The molecule has 0 atom stereocenters. The third kappa shape index (κ3) is 2.78. The molecule has 0 radical (unpaired) electrons. The fourth-order valence-electron chi connectivity index (χ4n) is 1.30. The summed E-state index contributed by atoms with van der Waals surface area (Å²) in [6, 6.07) is 0. The van der Waals surface area contributed by atoms with E-state index in [1.807, 2.05) is 11.3 Å². The van der Waals surface area contributed by atoms with E-state index in [-0.39, 0.29) is 0 Å².